The lowest BCUT2D eigenvalue weighted by molar-refractivity contribution is -0.153. The smallest absolute Gasteiger partial charge is 0.362 e. The maximum absolute atomic E-state index is 13.8. The van der Waals surface area contributed by atoms with Gasteiger partial charge in [-0.2, -0.15) is 8.42 Å². The van der Waals surface area contributed by atoms with Crippen LogP contribution in [0, 0.1) is 5.92 Å². The van der Waals surface area contributed by atoms with E-state index < -0.39 is 21.1 Å². The van der Waals surface area contributed by atoms with E-state index in [1.807, 2.05) is 0 Å². The van der Waals surface area contributed by atoms with Gasteiger partial charge in [-0.3, -0.25) is 4.55 Å². The van der Waals surface area contributed by atoms with Crippen LogP contribution < -0.4 is 0 Å². The van der Waals surface area contributed by atoms with Gasteiger partial charge in [-0.05, 0) is 25.7 Å². The van der Waals surface area contributed by atoms with Crippen LogP contribution in [0.5, 0.6) is 0 Å². The van der Waals surface area contributed by atoms with E-state index in [0.29, 0.717) is 6.92 Å². The number of carbonyl (C=O) groups is 1. The Hall–Kier alpha value is -0.690. The topological polar surface area (TPSA) is 80.7 Å². The van der Waals surface area contributed by atoms with E-state index in [2.05, 4.69) is 0 Å². The summed E-state index contributed by atoms with van der Waals surface area (Å²) in [6.07, 6.45) is 12.3. The molecule has 0 aromatic heterocycles. The first-order valence-corrected chi connectivity index (χ1v) is 10.0. The molecule has 0 spiro atoms. The van der Waals surface area contributed by atoms with Gasteiger partial charge in [-0.25, -0.2) is 9.18 Å². The van der Waals surface area contributed by atoms with Crippen molar-refractivity contribution in [2.45, 2.75) is 82.6 Å². The Kier molecular flexibility index (Phi) is 8.47. The van der Waals surface area contributed by atoms with Crippen LogP contribution in [-0.2, 0) is 19.6 Å². The van der Waals surface area contributed by atoms with Gasteiger partial charge in [0, 0.05) is 0 Å². The first-order valence-electron chi connectivity index (χ1n) is 8.58. The van der Waals surface area contributed by atoms with E-state index in [1.165, 1.54) is 32.1 Å². The van der Waals surface area contributed by atoms with Crippen molar-refractivity contribution >= 4 is 16.1 Å². The summed E-state index contributed by atoms with van der Waals surface area (Å²) in [5.74, 6) is -1.42. The third-order valence-corrected chi connectivity index (χ3v) is 5.66. The first kappa shape index (κ1) is 20.4. The minimum atomic E-state index is -5.13. The number of carbonyl (C=O) groups excluding carboxylic acids is 1. The number of hydrogen-bond donors (Lipinski definition) is 1. The van der Waals surface area contributed by atoms with Crippen LogP contribution in [-0.4, -0.2) is 30.5 Å². The third kappa shape index (κ3) is 7.16. The fourth-order valence-corrected chi connectivity index (χ4v) is 3.11. The lowest BCUT2D eigenvalue weighted by atomic mass is 9.93. The Morgan fingerprint density at radius 1 is 1.04 bits per heavy atom. The summed E-state index contributed by atoms with van der Waals surface area (Å²) in [5.41, 5.74) is 0. The second-order valence-electron chi connectivity index (χ2n) is 6.62. The summed E-state index contributed by atoms with van der Waals surface area (Å²) in [5, 5.41) is -3.40. The van der Waals surface area contributed by atoms with Crippen LogP contribution in [0.1, 0.15) is 77.6 Å². The van der Waals surface area contributed by atoms with Crippen molar-refractivity contribution < 1.29 is 26.9 Å². The largest absolute Gasteiger partial charge is 0.462 e. The van der Waals surface area contributed by atoms with Crippen molar-refractivity contribution in [1.29, 1.82) is 0 Å². The van der Waals surface area contributed by atoms with Gasteiger partial charge in [0.05, 0.1) is 6.61 Å². The van der Waals surface area contributed by atoms with Gasteiger partial charge in [-0.15, -0.1) is 0 Å². The van der Waals surface area contributed by atoms with Gasteiger partial charge in [0.15, 0.2) is 0 Å². The standard InChI is InChI=1S/C16H29FO5S/c1-16(17,23(19,20)21)15(18)22-13-14-11-9-7-5-3-2-4-6-8-10-12-14/h14H,2-13H2,1H3,(H,19,20,21). The first-order chi connectivity index (χ1) is 10.7. The summed E-state index contributed by atoms with van der Waals surface area (Å²) in [6.45, 7) is 0.513. The van der Waals surface area contributed by atoms with Crippen molar-refractivity contribution in [2.75, 3.05) is 6.61 Å². The molecule has 5 nitrogen and oxygen atoms in total. The van der Waals surface area contributed by atoms with Crippen molar-refractivity contribution in [1.82, 2.24) is 0 Å². The van der Waals surface area contributed by atoms with E-state index in [9.17, 15) is 17.6 Å². The maximum Gasteiger partial charge on any atom is 0.362 e. The van der Waals surface area contributed by atoms with E-state index in [1.54, 1.807) is 0 Å². The molecule has 0 saturated heterocycles. The number of halogens is 1. The predicted molar refractivity (Wildman–Crippen MR) is 86.3 cm³/mol. The highest BCUT2D eigenvalue weighted by molar-refractivity contribution is 7.87. The van der Waals surface area contributed by atoms with Crippen LogP contribution in [0.2, 0.25) is 0 Å². The number of alkyl halides is 1. The molecule has 1 aliphatic rings. The number of esters is 1. The molecule has 1 fully saturated rings. The summed E-state index contributed by atoms with van der Waals surface area (Å²) >= 11 is 0. The van der Waals surface area contributed by atoms with Gasteiger partial charge < -0.3 is 4.74 Å². The summed E-state index contributed by atoms with van der Waals surface area (Å²) < 4.78 is 49.2. The molecule has 0 bridgehead atoms. The molecule has 0 aliphatic heterocycles. The molecular formula is C16H29FO5S. The van der Waals surface area contributed by atoms with Gasteiger partial charge in [0.2, 0.25) is 0 Å². The SMILES string of the molecule is CC(F)(C(=O)OCC1CCCCCCCCCCC1)S(=O)(=O)O. The minimum absolute atomic E-state index is 0.00780. The Morgan fingerprint density at radius 2 is 1.43 bits per heavy atom. The highest BCUT2D eigenvalue weighted by Gasteiger charge is 2.48. The molecule has 136 valence electrons. The average molecular weight is 352 g/mol. The molecule has 0 amide bonds. The van der Waals surface area contributed by atoms with Crippen molar-refractivity contribution in [2.24, 2.45) is 5.92 Å². The number of hydrogen-bond acceptors (Lipinski definition) is 4. The molecule has 7 heteroatoms. The summed E-state index contributed by atoms with van der Waals surface area (Å²) in [4.78, 5) is 11.6. The maximum atomic E-state index is 13.8. The predicted octanol–water partition coefficient (Wildman–Crippen LogP) is 4.02. The lowest BCUT2D eigenvalue weighted by Crippen LogP contribution is -2.40. The molecule has 1 saturated carbocycles. The van der Waals surface area contributed by atoms with E-state index in [4.69, 9.17) is 9.29 Å². The quantitative estimate of drug-likeness (QED) is 0.610. The minimum Gasteiger partial charge on any atom is -0.462 e. The van der Waals surface area contributed by atoms with Crippen molar-refractivity contribution in [3.8, 4) is 0 Å². The van der Waals surface area contributed by atoms with Gasteiger partial charge >= 0.3 is 21.1 Å². The normalized spacial score (nSPS) is 22.4. The fraction of sp³-hybridized carbons (Fsp3) is 0.938. The molecule has 23 heavy (non-hydrogen) atoms. The van der Waals surface area contributed by atoms with Gasteiger partial charge in [0.25, 0.3) is 0 Å². The van der Waals surface area contributed by atoms with Crippen molar-refractivity contribution in [3.63, 3.8) is 0 Å². The molecule has 1 unspecified atom stereocenters. The molecule has 1 aliphatic carbocycles. The van der Waals surface area contributed by atoms with Gasteiger partial charge in [0.1, 0.15) is 0 Å². The molecule has 1 N–H and O–H groups in total. The Labute approximate surface area is 138 Å². The molecule has 1 atom stereocenters. The molecule has 1 rings (SSSR count). The molecule has 0 aromatic carbocycles. The zero-order valence-corrected chi connectivity index (χ0v) is 14.7. The van der Waals surface area contributed by atoms with Crippen LogP contribution >= 0.6 is 0 Å². The van der Waals surface area contributed by atoms with Crippen molar-refractivity contribution in [3.05, 3.63) is 0 Å². The summed E-state index contributed by atoms with van der Waals surface area (Å²) in [6, 6.07) is 0. The van der Waals surface area contributed by atoms with E-state index >= 15 is 0 Å². The average Bonchev–Trinajstić information content (AvgIpc) is 2.45. The number of rotatable bonds is 4. The Bertz CT molecular complexity index is 449. The number of ether oxygens (including phenoxy) is 1. The summed E-state index contributed by atoms with van der Waals surface area (Å²) in [7, 11) is -5.13. The molecule has 0 aromatic rings. The Balaban J connectivity index is 2.49. The fourth-order valence-electron chi connectivity index (χ4n) is 2.84. The van der Waals surface area contributed by atoms with E-state index in [-0.39, 0.29) is 12.5 Å². The highest BCUT2D eigenvalue weighted by atomic mass is 32.2. The second kappa shape index (κ2) is 9.57. The monoisotopic (exact) mass is 352 g/mol. The Morgan fingerprint density at radius 3 is 1.83 bits per heavy atom. The third-order valence-electron chi connectivity index (χ3n) is 4.52. The molecule has 0 heterocycles. The van der Waals surface area contributed by atoms with Crippen LogP contribution in [0.15, 0.2) is 0 Å². The molecule has 0 radical (unpaired) electrons. The zero-order valence-electron chi connectivity index (χ0n) is 13.9. The van der Waals surface area contributed by atoms with Crippen LogP contribution in [0.3, 0.4) is 0 Å². The highest BCUT2D eigenvalue weighted by Crippen LogP contribution is 2.24. The zero-order chi connectivity index (χ0) is 17.3. The lowest BCUT2D eigenvalue weighted by Gasteiger charge is -2.20. The second-order valence-corrected chi connectivity index (χ2v) is 8.33. The van der Waals surface area contributed by atoms with E-state index in [0.717, 1.165) is 38.5 Å². The van der Waals surface area contributed by atoms with Crippen LogP contribution in [0.4, 0.5) is 4.39 Å². The van der Waals surface area contributed by atoms with Crippen LogP contribution in [0.25, 0.3) is 0 Å². The van der Waals surface area contributed by atoms with Gasteiger partial charge in [-0.1, -0.05) is 57.8 Å². The molecular weight excluding hydrogens is 323 g/mol.